The quantitative estimate of drug-likeness (QED) is 0.336. The smallest absolute Gasteiger partial charge is 0.344 e. The van der Waals surface area contributed by atoms with E-state index in [-0.39, 0.29) is 0 Å². The first-order chi connectivity index (χ1) is 11.9. The van der Waals surface area contributed by atoms with Gasteiger partial charge in [0.15, 0.2) is 6.61 Å². The number of carbonyl (C=O) groups excluding carboxylic acids is 4. The zero-order valence-corrected chi connectivity index (χ0v) is 14.4. The van der Waals surface area contributed by atoms with Gasteiger partial charge in [-0.3, -0.25) is 15.0 Å². The summed E-state index contributed by atoms with van der Waals surface area (Å²) in [6.07, 6.45) is 8.79. The van der Waals surface area contributed by atoms with E-state index in [0.29, 0.717) is 23.8 Å². The number of allylic oxidation sites excluding steroid dienone is 3. The molecule has 2 rings (SSSR count). The Balaban J connectivity index is 1.87. The van der Waals surface area contributed by atoms with Gasteiger partial charge in [0.2, 0.25) is 0 Å². The monoisotopic (exact) mass is 349 g/mol. The summed E-state index contributed by atoms with van der Waals surface area (Å²) in [6, 6.07) is -0.660. The maximum absolute atomic E-state index is 12.5. The van der Waals surface area contributed by atoms with Crippen molar-refractivity contribution in [1.82, 2.24) is 15.8 Å². The summed E-state index contributed by atoms with van der Waals surface area (Å²) in [4.78, 5) is 47.8. The van der Waals surface area contributed by atoms with Crippen LogP contribution in [0.5, 0.6) is 0 Å². The third-order valence-electron chi connectivity index (χ3n) is 4.41. The van der Waals surface area contributed by atoms with E-state index in [4.69, 9.17) is 4.74 Å². The molecule has 2 fully saturated rings. The lowest BCUT2D eigenvalue weighted by Gasteiger charge is -2.33. The number of hydrogen-bond donors (Lipinski definition) is 2. The van der Waals surface area contributed by atoms with Crippen LogP contribution in [0.15, 0.2) is 24.3 Å². The van der Waals surface area contributed by atoms with Crippen molar-refractivity contribution >= 4 is 23.8 Å². The van der Waals surface area contributed by atoms with Crippen molar-refractivity contribution in [3.8, 4) is 0 Å². The fourth-order valence-corrected chi connectivity index (χ4v) is 2.90. The molecule has 2 N–H and O–H groups in total. The van der Waals surface area contributed by atoms with Crippen LogP contribution >= 0.6 is 0 Å². The molecule has 0 bridgehead atoms. The first kappa shape index (κ1) is 18.7. The van der Waals surface area contributed by atoms with Crippen LogP contribution in [0.3, 0.4) is 0 Å². The van der Waals surface area contributed by atoms with E-state index in [0.717, 1.165) is 12.8 Å². The van der Waals surface area contributed by atoms with Crippen LogP contribution in [0.25, 0.3) is 0 Å². The van der Waals surface area contributed by atoms with Crippen molar-refractivity contribution in [1.29, 1.82) is 0 Å². The molecule has 0 radical (unpaired) electrons. The molecule has 136 valence electrons. The molecule has 1 aliphatic carbocycles. The number of ether oxygens (including phenoxy) is 1. The maximum Gasteiger partial charge on any atom is 0.344 e. The van der Waals surface area contributed by atoms with Crippen molar-refractivity contribution in [3.63, 3.8) is 0 Å². The van der Waals surface area contributed by atoms with E-state index in [2.05, 4.69) is 17.7 Å². The second-order valence-electron chi connectivity index (χ2n) is 6.36. The van der Waals surface area contributed by atoms with Crippen LogP contribution in [0, 0.1) is 5.92 Å². The highest BCUT2D eigenvalue weighted by atomic mass is 16.5. The van der Waals surface area contributed by atoms with E-state index in [9.17, 15) is 19.2 Å². The van der Waals surface area contributed by atoms with Gasteiger partial charge in [0.1, 0.15) is 5.54 Å². The third kappa shape index (κ3) is 4.46. The molecule has 0 aromatic heterocycles. The normalized spacial score (nSPS) is 26.5. The first-order valence-electron chi connectivity index (χ1n) is 8.30. The number of imide groups is 1. The van der Waals surface area contributed by atoms with Crippen molar-refractivity contribution < 1.29 is 23.9 Å². The third-order valence-corrected chi connectivity index (χ3v) is 4.41. The largest absolute Gasteiger partial charge is 0.452 e. The molecule has 0 aromatic carbocycles. The fraction of sp³-hybridized carbons (Fsp3) is 0.529. The number of carbonyl (C=O) groups is 4. The molecule has 1 spiro atoms. The van der Waals surface area contributed by atoms with Gasteiger partial charge in [-0.1, -0.05) is 25.2 Å². The number of nitrogens with one attached hydrogen (secondary N) is 2. The average molecular weight is 349 g/mol. The van der Waals surface area contributed by atoms with Gasteiger partial charge >= 0.3 is 12.0 Å². The Hall–Kier alpha value is -2.64. The predicted octanol–water partition coefficient (Wildman–Crippen LogP) is 1.19. The van der Waals surface area contributed by atoms with Gasteiger partial charge < -0.3 is 10.1 Å². The molecule has 0 aromatic rings. The van der Waals surface area contributed by atoms with Crippen molar-refractivity contribution in [3.05, 3.63) is 24.3 Å². The molecule has 1 heterocycles. The fourth-order valence-electron chi connectivity index (χ4n) is 2.90. The highest BCUT2D eigenvalue weighted by molar-refractivity contribution is 6.08. The molecule has 8 heteroatoms. The summed E-state index contributed by atoms with van der Waals surface area (Å²) in [5.41, 5.74) is 1.27. The molecule has 8 nitrogen and oxygen atoms in total. The Morgan fingerprint density at radius 2 is 2.00 bits per heavy atom. The summed E-state index contributed by atoms with van der Waals surface area (Å²) in [5, 5.41) is 3.37. The Bertz CT molecular complexity index is 618. The van der Waals surface area contributed by atoms with Crippen LogP contribution in [0.2, 0.25) is 0 Å². The molecule has 25 heavy (non-hydrogen) atoms. The summed E-state index contributed by atoms with van der Waals surface area (Å²) < 4.78 is 4.74. The maximum atomic E-state index is 12.5. The molecule has 1 saturated carbocycles. The number of nitrogens with zero attached hydrogens (tertiary/aromatic N) is 1. The second kappa shape index (κ2) is 7.96. The lowest BCUT2D eigenvalue weighted by atomic mass is 9.77. The van der Waals surface area contributed by atoms with Gasteiger partial charge in [-0.15, -0.1) is 0 Å². The zero-order valence-electron chi connectivity index (χ0n) is 14.4. The number of urea groups is 1. The standard InChI is InChI=1S/C17H23N3O5/c1-3-4-5-6-14(22)25-11-13(21)19-20-15(23)17(18-16(20)24)9-7-12(2)8-10-17/h3-6,12H,7-11H2,1-2H3,(H,18,24)(H,19,21)/b4-3+,6-5+. The number of amides is 4. The molecule has 1 aliphatic heterocycles. The Morgan fingerprint density at radius 1 is 1.32 bits per heavy atom. The molecule has 0 atom stereocenters. The summed E-state index contributed by atoms with van der Waals surface area (Å²) >= 11 is 0. The van der Waals surface area contributed by atoms with Crippen LogP contribution < -0.4 is 10.7 Å². The average Bonchev–Trinajstić information content (AvgIpc) is 2.80. The minimum atomic E-state index is -0.928. The minimum Gasteiger partial charge on any atom is -0.452 e. The number of esters is 1. The lowest BCUT2D eigenvalue weighted by Crippen LogP contribution is -2.52. The predicted molar refractivity (Wildman–Crippen MR) is 88.8 cm³/mol. The minimum absolute atomic E-state index is 0.461. The molecule has 1 saturated heterocycles. The van der Waals surface area contributed by atoms with E-state index in [1.165, 1.54) is 12.2 Å². The van der Waals surface area contributed by atoms with Crippen molar-refractivity contribution in [2.45, 2.75) is 45.1 Å². The molecular weight excluding hydrogens is 326 g/mol. The van der Waals surface area contributed by atoms with Crippen LogP contribution in [0.1, 0.15) is 39.5 Å². The topological polar surface area (TPSA) is 105 Å². The molecule has 0 unspecified atom stereocenters. The number of hydrazine groups is 1. The van der Waals surface area contributed by atoms with E-state index in [1.54, 1.807) is 19.1 Å². The zero-order chi connectivity index (χ0) is 18.4. The van der Waals surface area contributed by atoms with E-state index >= 15 is 0 Å². The van der Waals surface area contributed by atoms with Crippen LogP contribution in [0.4, 0.5) is 4.79 Å². The number of hydrogen-bond acceptors (Lipinski definition) is 5. The Morgan fingerprint density at radius 3 is 2.64 bits per heavy atom. The van der Waals surface area contributed by atoms with E-state index < -0.39 is 36.0 Å². The van der Waals surface area contributed by atoms with Gasteiger partial charge in [0.05, 0.1) is 0 Å². The van der Waals surface area contributed by atoms with Gasteiger partial charge in [-0.25, -0.2) is 9.59 Å². The van der Waals surface area contributed by atoms with E-state index in [1.807, 2.05) is 0 Å². The Labute approximate surface area is 146 Å². The van der Waals surface area contributed by atoms with Crippen molar-refractivity contribution in [2.24, 2.45) is 5.92 Å². The van der Waals surface area contributed by atoms with Gasteiger partial charge in [-0.2, -0.15) is 5.01 Å². The van der Waals surface area contributed by atoms with Crippen molar-refractivity contribution in [2.75, 3.05) is 6.61 Å². The summed E-state index contributed by atoms with van der Waals surface area (Å²) in [7, 11) is 0. The highest BCUT2D eigenvalue weighted by Gasteiger charge is 2.52. The van der Waals surface area contributed by atoms with Crippen LogP contribution in [-0.4, -0.2) is 41.0 Å². The SMILES string of the molecule is C/C=C/C=C/C(=O)OCC(=O)NN1C(=O)NC2(CCC(C)CC2)C1=O. The first-order valence-corrected chi connectivity index (χ1v) is 8.30. The molecule has 2 aliphatic rings. The summed E-state index contributed by atoms with van der Waals surface area (Å²) in [6.45, 7) is 3.31. The second-order valence-corrected chi connectivity index (χ2v) is 6.36. The highest BCUT2D eigenvalue weighted by Crippen LogP contribution is 2.35. The lowest BCUT2D eigenvalue weighted by molar-refractivity contribution is -0.147. The van der Waals surface area contributed by atoms with Gasteiger partial charge in [0, 0.05) is 6.08 Å². The Kier molecular flexibility index (Phi) is 5.95. The molecular formula is C17H23N3O5. The van der Waals surface area contributed by atoms with Gasteiger partial charge in [0.25, 0.3) is 11.8 Å². The molecule has 4 amide bonds. The van der Waals surface area contributed by atoms with Crippen LogP contribution in [-0.2, 0) is 19.1 Å². The summed E-state index contributed by atoms with van der Waals surface area (Å²) in [5.74, 6) is -1.40. The van der Waals surface area contributed by atoms with Gasteiger partial charge in [-0.05, 0) is 38.5 Å². The number of rotatable bonds is 5.